The minimum Gasteiger partial charge on any atom is -0.337 e. The lowest BCUT2D eigenvalue weighted by atomic mass is 10.0. The molecule has 2 N–H and O–H groups in total. The Hall–Kier alpha value is -1.58. The van der Waals surface area contributed by atoms with E-state index >= 15 is 0 Å². The third-order valence-corrected chi connectivity index (χ3v) is 2.58. The lowest BCUT2D eigenvalue weighted by Crippen LogP contribution is -2.15. The summed E-state index contributed by atoms with van der Waals surface area (Å²) in [6, 6.07) is 0. The van der Waals surface area contributed by atoms with Gasteiger partial charge < -0.3 is 5.84 Å². The Morgan fingerprint density at radius 1 is 1.33 bits per heavy atom. The minimum atomic E-state index is -0.182. The summed E-state index contributed by atoms with van der Waals surface area (Å²) in [5, 5.41) is 0. The molecule has 2 heterocycles. The zero-order valence-corrected chi connectivity index (χ0v) is 9.57. The molecule has 2 rings (SSSR count). The second-order valence-corrected chi connectivity index (χ2v) is 4.50. The highest BCUT2D eigenvalue weighted by atomic mass is 15.3. The van der Waals surface area contributed by atoms with E-state index in [4.69, 9.17) is 5.84 Å². The molecule has 0 aliphatic carbocycles. The molecule has 0 fully saturated rings. The lowest BCUT2D eigenvalue weighted by Gasteiger charge is -2.13. The predicted octanol–water partition coefficient (Wildman–Crippen LogP) is 1.52. The van der Waals surface area contributed by atoms with E-state index in [0.717, 1.165) is 22.8 Å². The fourth-order valence-electron chi connectivity index (χ4n) is 1.91. The first-order valence-corrected chi connectivity index (χ1v) is 5.00. The molecule has 0 amide bonds. The monoisotopic (exact) mass is 204 g/mol. The summed E-state index contributed by atoms with van der Waals surface area (Å²) in [7, 11) is 0. The van der Waals surface area contributed by atoms with Crippen LogP contribution < -0.4 is 5.84 Å². The van der Waals surface area contributed by atoms with Gasteiger partial charge in [-0.15, -0.1) is 0 Å². The van der Waals surface area contributed by atoms with Crippen molar-refractivity contribution < 1.29 is 0 Å². The molecule has 15 heavy (non-hydrogen) atoms. The molecule has 0 radical (unpaired) electrons. The third kappa shape index (κ3) is 1.56. The van der Waals surface area contributed by atoms with Gasteiger partial charge in [-0.25, -0.2) is 9.66 Å². The van der Waals surface area contributed by atoms with E-state index in [1.54, 1.807) is 10.9 Å². The van der Waals surface area contributed by atoms with Crippen LogP contribution in [0.4, 0.5) is 0 Å². The average Bonchev–Trinajstić information content (AvgIpc) is 2.32. The van der Waals surface area contributed by atoms with Crippen LogP contribution in [0.2, 0.25) is 0 Å². The first kappa shape index (κ1) is 9.96. The number of allylic oxidation sites excluding steroid dienone is 1. The Morgan fingerprint density at radius 3 is 2.67 bits per heavy atom. The van der Waals surface area contributed by atoms with E-state index in [2.05, 4.69) is 29.9 Å². The summed E-state index contributed by atoms with van der Waals surface area (Å²) in [5.74, 6) is 6.73. The number of nitrogen functional groups attached to an aromatic ring is 1. The van der Waals surface area contributed by atoms with Crippen LogP contribution in [0.15, 0.2) is 11.1 Å². The van der Waals surface area contributed by atoms with Crippen molar-refractivity contribution in [1.29, 1.82) is 0 Å². The van der Waals surface area contributed by atoms with E-state index in [-0.39, 0.29) is 5.54 Å². The van der Waals surface area contributed by atoms with Crippen LogP contribution in [-0.2, 0) is 0 Å². The van der Waals surface area contributed by atoms with E-state index < -0.39 is 0 Å². The van der Waals surface area contributed by atoms with E-state index in [9.17, 15) is 0 Å². The Kier molecular flexibility index (Phi) is 1.96. The lowest BCUT2D eigenvalue weighted by molar-refractivity contribution is 0.663. The van der Waals surface area contributed by atoms with Crippen LogP contribution in [0.5, 0.6) is 0 Å². The molecule has 1 aliphatic heterocycles. The Balaban J connectivity index is 2.67. The number of fused-ring (bicyclic) bond motifs is 1. The van der Waals surface area contributed by atoms with Gasteiger partial charge in [-0.3, -0.25) is 4.99 Å². The molecule has 0 saturated carbocycles. The first-order chi connectivity index (χ1) is 6.91. The molecular formula is C11H16N4. The number of nitrogens with two attached hydrogens (primary N) is 1. The summed E-state index contributed by atoms with van der Waals surface area (Å²) in [6.45, 7) is 8.06. The van der Waals surface area contributed by atoms with Crippen molar-refractivity contribution in [3.8, 4) is 0 Å². The van der Waals surface area contributed by atoms with Crippen molar-refractivity contribution in [2.45, 2.75) is 33.2 Å². The van der Waals surface area contributed by atoms with Gasteiger partial charge in [0.15, 0.2) is 0 Å². The van der Waals surface area contributed by atoms with Crippen molar-refractivity contribution in [3.63, 3.8) is 0 Å². The van der Waals surface area contributed by atoms with Gasteiger partial charge in [0.05, 0.1) is 17.4 Å². The van der Waals surface area contributed by atoms with Crippen LogP contribution >= 0.6 is 0 Å². The third-order valence-electron chi connectivity index (χ3n) is 2.58. The van der Waals surface area contributed by atoms with Crippen molar-refractivity contribution >= 4 is 11.8 Å². The van der Waals surface area contributed by atoms with Gasteiger partial charge in [0.25, 0.3) is 0 Å². The fourth-order valence-corrected chi connectivity index (χ4v) is 1.91. The van der Waals surface area contributed by atoms with Gasteiger partial charge in [-0.2, -0.15) is 0 Å². The number of aryl methyl sites for hydroxylation is 1. The predicted molar refractivity (Wildman–Crippen MR) is 62.4 cm³/mol. The van der Waals surface area contributed by atoms with Gasteiger partial charge in [0.2, 0.25) is 0 Å². The number of imidazole rings is 1. The number of nitrogens with zero attached hydrogens (tertiary/aromatic N) is 3. The van der Waals surface area contributed by atoms with Gasteiger partial charge in [0.1, 0.15) is 11.5 Å². The largest absolute Gasteiger partial charge is 0.337 e. The van der Waals surface area contributed by atoms with Gasteiger partial charge >= 0.3 is 0 Å². The molecule has 1 aromatic rings. The van der Waals surface area contributed by atoms with Crippen molar-refractivity contribution in [1.82, 2.24) is 9.66 Å². The van der Waals surface area contributed by atoms with Gasteiger partial charge in [-0.05, 0) is 33.3 Å². The maximum atomic E-state index is 5.92. The molecule has 0 bridgehead atoms. The van der Waals surface area contributed by atoms with Crippen LogP contribution in [0, 0.1) is 6.92 Å². The van der Waals surface area contributed by atoms with Crippen LogP contribution in [-0.4, -0.2) is 21.4 Å². The van der Waals surface area contributed by atoms with Gasteiger partial charge in [0, 0.05) is 0 Å². The Labute approximate surface area is 89.5 Å². The summed E-state index contributed by atoms with van der Waals surface area (Å²) in [5.41, 5.74) is 2.75. The Bertz CT molecular complexity index is 463. The highest BCUT2D eigenvalue weighted by Crippen LogP contribution is 2.25. The molecule has 1 aliphatic rings. The highest BCUT2D eigenvalue weighted by molar-refractivity contribution is 5.87. The average molecular weight is 204 g/mol. The Morgan fingerprint density at radius 2 is 2.00 bits per heavy atom. The molecule has 0 spiro atoms. The maximum absolute atomic E-state index is 5.92. The second kappa shape index (κ2) is 2.95. The summed E-state index contributed by atoms with van der Waals surface area (Å²) in [4.78, 5) is 8.84. The number of aliphatic imine (C=N–C) groups is 1. The number of rotatable bonds is 0. The van der Waals surface area contributed by atoms with Crippen LogP contribution in [0.3, 0.4) is 0 Å². The van der Waals surface area contributed by atoms with Crippen molar-refractivity contribution in [2.24, 2.45) is 4.99 Å². The maximum Gasteiger partial charge on any atom is 0.125 e. The van der Waals surface area contributed by atoms with Crippen LogP contribution in [0.25, 0.3) is 5.57 Å². The molecule has 4 heteroatoms. The molecule has 0 atom stereocenters. The first-order valence-electron chi connectivity index (χ1n) is 5.00. The molecular weight excluding hydrogens is 188 g/mol. The standard InChI is InChI=1S/C11H16N4/c1-7-5-11(3,4)13-6-9-10(7)15(12)8(2)14-9/h5-6H,12H2,1-4H3. The van der Waals surface area contributed by atoms with E-state index in [1.807, 2.05) is 13.8 Å². The number of hydrogen-bond donors (Lipinski definition) is 1. The molecule has 1 aromatic heterocycles. The summed E-state index contributed by atoms with van der Waals surface area (Å²) < 4.78 is 1.62. The van der Waals surface area contributed by atoms with E-state index in [0.29, 0.717) is 0 Å². The number of aromatic nitrogens is 2. The molecule has 0 aromatic carbocycles. The van der Waals surface area contributed by atoms with Crippen molar-refractivity contribution in [3.05, 3.63) is 23.3 Å². The minimum absolute atomic E-state index is 0.182. The second-order valence-electron chi connectivity index (χ2n) is 4.50. The van der Waals surface area contributed by atoms with E-state index in [1.165, 1.54) is 0 Å². The molecule has 0 saturated heterocycles. The van der Waals surface area contributed by atoms with Crippen molar-refractivity contribution in [2.75, 3.05) is 5.84 Å². The fraction of sp³-hybridized carbons (Fsp3) is 0.455. The zero-order valence-electron chi connectivity index (χ0n) is 9.57. The topological polar surface area (TPSA) is 56.2 Å². The normalized spacial score (nSPS) is 18.3. The SMILES string of the molecule is CC1=CC(C)(C)N=Cc2nc(C)n(N)c21. The quantitative estimate of drug-likeness (QED) is 0.651. The summed E-state index contributed by atoms with van der Waals surface area (Å²) >= 11 is 0. The smallest absolute Gasteiger partial charge is 0.125 e. The molecule has 80 valence electrons. The van der Waals surface area contributed by atoms with Crippen LogP contribution in [0.1, 0.15) is 38.0 Å². The highest BCUT2D eigenvalue weighted by Gasteiger charge is 2.21. The summed E-state index contributed by atoms with van der Waals surface area (Å²) in [6.07, 6.45) is 3.92. The van der Waals surface area contributed by atoms with Gasteiger partial charge in [-0.1, -0.05) is 6.08 Å². The zero-order chi connectivity index (χ0) is 11.2. The molecule has 4 nitrogen and oxygen atoms in total. The number of hydrogen-bond acceptors (Lipinski definition) is 3. The molecule has 0 unspecified atom stereocenters.